The van der Waals surface area contributed by atoms with E-state index in [9.17, 15) is 4.79 Å². The SMILES string of the molecule is CC[C@H](NN)C(=O)OC.Cl. The second kappa shape index (κ2) is 6.80. The zero-order valence-corrected chi connectivity index (χ0v) is 6.90. The number of rotatable bonds is 3. The van der Waals surface area contributed by atoms with Crippen LogP contribution < -0.4 is 11.3 Å². The van der Waals surface area contributed by atoms with Gasteiger partial charge in [0.15, 0.2) is 0 Å². The van der Waals surface area contributed by atoms with Crippen molar-refractivity contribution >= 4 is 18.4 Å². The van der Waals surface area contributed by atoms with Gasteiger partial charge in [0.25, 0.3) is 0 Å². The third-order valence-corrected chi connectivity index (χ3v) is 1.10. The average Bonchev–Trinajstić information content (AvgIpc) is 1.90. The number of ether oxygens (including phenoxy) is 1. The van der Waals surface area contributed by atoms with E-state index in [1.54, 1.807) is 0 Å². The molecule has 0 unspecified atom stereocenters. The third-order valence-electron chi connectivity index (χ3n) is 1.10. The van der Waals surface area contributed by atoms with Crippen LogP contribution in [0.3, 0.4) is 0 Å². The molecule has 0 heterocycles. The molecule has 0 aliphatic carbocycles. The number of nitrogens with two attached hydrogens (primary N) is 1. The van der Waals surface area contributed by atoms with Gasteiger partial charge in [-0.3, -0.25) is 10.6 Å². The highest BCUT2D eigenvalue weighted by Crippen LogP contribution is 1.89. The Bertz CT molecular complexity index is 95.6. The molecule has 0 aliphatic rings. The molecule has 1 atom stereocenters. The molecule has 0 radical (unpaired) electrons. The molecule has 0 aliphatic heterocycles. The summed E-state index contributed by atoms with van der Waals surface area (Å²) < 4.78 is 4.41. The van der Waals surface area contributed by atoms with E-state index >= 15 is 0 Å². The van der Waals surface area contributed by atoms with Gasteiger partial charge in [0.05, 0.1) is 7.11 Å². The quantitative estimate of drug-likeness (QED) is 0.349. The molecule has 0 aromatic carbocycles. The van der Waals surface area contributed by atoms with Crippen molar-refractivity contribution in [3.63, 3.8) is 0 Å². The standard InChI is InChI=1S/C5H12N2O2.ClH/c1-3-4(7-6)5(8)9-2;/h4,7H,3,6H2,1-2H3;1H/t4-;/m0./s1. The Morgan fingerprint density at radius 1 is 1.80 bits per heavy atom. The van der Waals surface area contributed by atoms with Crippen LogP contribution in [0.4, 0.5) is 0 Å². The number of methoxy groups -OCH3 is 1. The molecular formula is C5H13ClN2O2. The van der Waals surface area contributed by atoms with Crippen molar-refractivity contribution in [3.8, 4) is 0 Å². The Morgan fingerprint density at radius 3 is 2.40 bits per heavy atom. The Labute approximate surface area is 66.5 Å². The molecule has 0 aromatic heterocycles. The summed E-state index contributed by atoms with van der Waals surface area (Å²) in [6.45, 7) is 1.85. The molecular weight excluding hydrogens is 156 g/mol. The average molecular weight is 169 g/mol. The van der Waals surface area contributed by atoms with Gasteiger partial charge in [-0.25, -0.2) is 5.43 Å². The summed E-state index contributed by atoms with van der Waals surface area (Å²) in [4.78, 5) is 10.6. The first kappa shape index (κ1) is 12.4. The van der Waals surface area contributed by atoms with Crippen LogP contribution in [-0.2, 0) is 9.53 Å². The lowest BCUT2D eigenvalue weighted by Crippen LogP contribution is -2.41. The number of esters is 1. The van der Waals surface area contributed by atoms with Gasteiger partial charge >= 0.3 is 5.97 Å². The molecule has 4 nitrogen and oxygen atoms in total. The monoisotopic (exact) mass is 168 g/mol. The topological polar surface area (TPSA) is 64.3 Å². The Balaban J connectivity index is 0. The summed E-state index contributed by atoms with van der Waals surface area (Å²) in [5.41, 5.74) is 2.33. The molecule has 3 N–H and O–H groups in total. The number of hydrogen-bond acceptors (Lipinski definition) is 4. The zero-order valence-electron chi connectivity index (χ0n) is 6.09. The Kier molecular flexibility index (Phi) is 8.40. The van der Waals surface area contributed by atoms with E-state index in [2.05, 4.69) is 10.2 Å². The number of carbonyl (C=O) groups excluding carboxylic acids is 1. The fourth-order valence-electron chi connectivity index (χ4n) is 0.495. The van der Waals surface area contributed by atoms with Crippen LogP contribution >= 0.6 is 12.4 Å². The zero-order chi connectivity index (χ0) is 7.28. The minimum atomic E-state index is -0.366. The number of halogens is 1. The Morgan fingerprint density at radius 2 is 2.30 bits per heavy atom. The second-order valence-electron chi connectivity index (χ2n) is 1.65. The van der Waals surface area contributed by atoms with E-state index in [-0.39, 0.29) is 24.4 Å². The number of hydrazine groups is 1. The molecule has 10 heavy (non-hydrogen) atoms. The lowest BCUT2D eigenvalue weighted by Gasteiger charge is -2.08. The maximum atomic E-state index is 10.6. The predicted octanol–water partition coefficient (Wildman–Crippen LogP) is -0.177. The van der Waals surface area contributed by atoms with Gasteiger partial charge in [0.1, 0.15) is 6.04 Å². The molecule has 5 heteroatoms. The predicted molar refractivity (Wildman–Crippen MR) is 40.7 cm³/mol. The highest BCUT2D eigenvalue weighted by atomic mass is 35.5. The smallest absolute Gasteiger partial charge is 0.324 e. The van der Waals surface area contributed by atoms with Crippen LogP contribution in [0, 0.1) is 0 Å². The molecule has 0 saturated heterocycles. The van der Waals surface area contributed by atoms with Crippen molar-refractivity contribution in [2.75, 3.05) is 7.11 Å². The van der Waals surface area contributed by atoms with Gasteiger partial charge in [0, 0.05) is 0 Å². The molecule has 0 saturated carbocycles. The van der Waals surface area contributed by atoms with E-state index in [1.165, 1.54) is 7.11 Å². The summed E-state index contributed by atoms with van der Waals surface area (Å²) in [6, 6.07) is -0.366. The fourth-order valence-corrected chi connectivity index (χ4v) is 0.495. The van der Waals surface area contributed by atoms with Gasteiger partial charge in [-0.15, -0.1) is 12.4 Å². The first-order chi connectivity index (χ1) is 4.26. The van der Waals surface area contributed by atoms with Crippen LogP contribution in [0.5, 0.6) is 0 Å². The highest BCUT2D eigenvalue weighted by molar-refractivity contribution is 5.85. The lowest BCUT2D eigenvalue weighted by atomic mass is 10.2. The van der Waals surface area contributed by atoms with E-state index < -0.39 is 0 Å². The maximum Gasteiger partial charge on any atom is 0.324 e. The second-order valence-corrected chi connectivity index (χ2v) is 1.65. The lowest BCUT2D eigenvalue weighted by molar-refractivity contribution is -0.143. The van der Waals surface area contributed by atoms with Crippen molar-refractivity contribution < 1.29 is 9.53 Å². The molecule has 0 amide bonds. The molecule has 0 fully saturated rings. The third kappa shape index (κ3) is 3.66. The summed E-state index contributed by atoms with van der Waals surface area (Å²) in [5, 5.41) is 0. The van der Waals surface area contributed by atoms with E-state index in [1.807, 2.05) is 6.92 Å². The molecule has 0 aromatic rings. The van der Waals surface area contributed by atoms with Crippen LogP contribution in [0.15, 0.2) is 0 Å². The number of hydrogen-bond donors (Lipinski definition) is 2. The van der Waals surface area contributed by atoms with Gasteiger partial charge in [-0.1, -0.05) is 6.92 Å². The summed E-state index contributed by atoms with van der Waals surface area (Å²) >= 11 is 0. The number of carbonyl (C=O) groups is 1. The molecule has 62 valence electrons. The van der Waals surface area contributed by atoms with Gasteiger partial charge in [-0.2, -0.15) is 0 Å². The summed E-state index contributed by atoms with van der Waals surface area (Å²) in [5.74, 6) is 4.69. The highest BCUT2D eigenvalue weighted by Gasteiger charge is 2.13. The normalized spacial score (nSPS) is 11.5. The van der Waals surface area contributed by atoms with E-state index in [4.69, 9.17) is 5.84 Å². The summed E-state index contributed by atoms with van der Waals surface area (Å²) in [6.07, 6.45) is 0.642. The van der Waals surface area contributed by atoms with Crippen LogP contribution in [0.1, 0.15) is 13.3 Å². The van der Waals surface area contributed by atoms with E-state index in [0.29, 0.717) is 6.42 Å². The molecule has 0 spiro atoms. The van der Waals surface area contributed by atoms with Crippen molar-refractivity contribution in [3.05, 3.63) is 0 Å². The van der Waals surface area contributed by atoms with Crippen LogP contribution in [-0.4, -0.2) is 19.1 Å². The van der Waals surface area contributed by atoms with Crippen molar-refractivity contribution in [1.82, 2.24) is 5.43 Å². The fraction of sp³-hybridized carbons (Fsp3) is 0.800. The Hall–Kier alpha value is -0.320. The summed E-state index contributed by atoms with van der Waals surface area (Å²) in [7, 11) is 1.34. The van der Waals surface area contributed by atoms with Crippen LogP contribution in [0.2, 0.25) is 0 Å². The van der Waals surface area contributed by atoms with Crippen LogP contribution in [0.25, 0.3) is 0 Å². The minimum Gasteiger partial charge on any atom is -0.468 e. The van der Waals surface area contributed by atoms with E-state index in [0.717, 1.165) is 0 Å². The maximum absolute atomic E-state index is 10.6. The number of nitrogens with one attached hydrogen (secondary N) is 1. The molecule has 0 rings (SSSR count). The van der Waals surface area contributed by atoms with Crippen molar-refractivity contribution in [1.29, 1.82) is 0 Å². The van der Waals surface area contributed by atoms with Crippen molar-refractivity contribution in [2.45, 2.75) is 19.4 Å². The largest absolute Gasteiger partial charge is 0.468 e. The minimum absolute atomic E-state index is 0. The molecule has 0 bridgehead atoms. The van der Waals surface area contributed by atoms with Gasteiger partial charge in [-0.05, 0) is 6.42 Å². The first-order valence-electron chi connectivity index (χ1n) is 2.80. The van der Waals surface area contributed by atoms with Gasteiger partial charge in [0.2, 0.25) is 0 Å². The van der Waals surface area contributed by atoms with Crippen molar-refractivity contribution in [2.24, 2.45) is 5.84 Å². The van der Waals surface area contributed by atoms with Gasteiger partial charge < -0.3 is 4.74 Å². The first-order valence-corrected chi connectivity index (χ1v) is 2.80.